The summed E-state index contributed by atoms with van der Waals surface area (Å²) in [5.41, 5.74) is 0. The van der Waals surface area contributed by atoms with Crippen molar-refractivity contribution in [2.75, 3.05) is 6.54 Å². The molecular weight excluding hydrogens is 230 g/mol. The Labute approximate surface area is 119 Å². The smallest absolute Gasteiger partial charge is 0.00683 e. The second kappa shape index (κ2) is 7.11. The molecule has 0 saturated heterocycles. The Morgan fingerprint density at radius 3 is 2.00 bits per heavy atom. The Morgan fingerprint density at radius 2 is 1.26 bits per heavy atom. The third kappa shape index (κ3) is 4.21. The van der Waals surface area contributed by atoms with E-state index >= 15 is 0 Å². The summed E-state index contributed by atoms with van der Waals surface area (Å²) in [5, 5.41) is 3.84. The molecule has 1 N–H and O–H groups in total. The predicted molar refractivity (Wildman–Crippen MR) is 82.3 cm³/mol. The molecule has 19 heavy (non-hydrogen) atoms. The van der Waals surface area contributed by atoms with Crippen molar-refractivity contribution in [3.63, 3.8) is 0 Å². The molecule has 0 bridgehead atoms. The van der Waals surface area contributed by atoms with Crippen LogP contribution in [0.4, 0.5) is 0 Å². The number of hydrogen-bond acceptors (Lipinski definition) is 1. The molecule has 3 fully saturated rings. The van der Waals surface area contributed by atoms with Crippen LogP contribution in [0.5, 0.6) is 0 Å². The first-order chi connectivity index (χ1) is 9.43. The predicted octanol–water partition coefficient (Wildman–Crippen LogP) is 4.91. The van der Waals surface area contributed by atoms with Crippen LogP contribution in [-0.4, -0.2) is 12.6 Å². The maximum atomic E-state index is 3.84. The molecule has 0 aromatic rings. The van der Waals surface area contributed by atoms with Crippen molar-refractivity contribution < 1.29 is 0 Å². The van der Waals surface area contributed by atoms with E-state index in [9.17, 15) is 0 Å². The normalized spacial score (nSPS) is 34.7. The van der Waals surface area contributed by atoms with Gasteiger partial charge < -0.3 is 5.32 Å². The molecule has 3 aliphatic carbocycles. The molecule has 3 rings (SSSR count). The Kier molecular flexibility index (Phi) is 5.21. The lowest BCUT2D eigenvalue weighted by Gasteiger charge is -2.32. The lowest BCUT2D eigenvalue weighted by Crippen LogP contribution is -2.32. The summed E-state index contributed by atoms with van der Waals surface area (Å²) in [4.78, 5) is 0. The van der Waals surface area contributed by atoms with Crippen molar-refractivity contribution in [3.8, 4) is 0 Å². The van der Waals surface area contributed by atoms with Crippen LogP contribution in [0.25, 0.3) is 0 Å². The minimum absolute atomic E-state index is 0.901. The number of nitrogens with one attached hydrogen (secondary N) is 1. The highest BCUT2D eigenvalue weighted by Gasteiger charge is 2.32. The van der Waals surface area contributed by atoms with Gasteiger partial charge in [-0.2, -0.15) is 0 Å². The quantitative estimate of drug-likeness (QED) is 0.711. The molecular formula is C18H33N. The zero-order valence-electron chi connectivity index (χ0n) is 12.7. The molecule has 0 aromatic heterocycles. The summed E-state index contributed by atoms with van der Waals surface area (Å²) in [6.07, 6.45) is 19.6. The topological polar surface area (TPSA) is 12.0 Å². The van der Waals surface area contributed by atoms with Crippen LogP contribution in [0.3, 0.4) is 0 Å². The first-order valence-electron chi connectivity index (χ1n) is 9.17. The van der Waals surface area contributed by atoms with E-state index in [1.807, 2.05) is 0 Å². The van der Waals surface area contributed by atoms with Crippen molar-refractivity contribution in [1.82, 2.24) is 5.32 Å². The number of hydrogen-bond donors (Lipinski definition) is 1. The average Bonchev–Trinajstić information content (AvgIpc) is 3.25. The first kappa shape index (κ1) is 13.9. The van der Waals surface area contributed by atoms with Gasteiger partial charge in [0.1, 0.15) is 0 Å². The fourth-order valence-electron chi connectivity index (χ4n) is 4.63. The standard InChI is InChI=1S/C18H33N/c1-2-5-9-15(8-4-1)18-11-7-3-6-10-16(18)14-19-17-12-13-17/h15-19H,1-14H2. The van der Waals surface area contributed by atoms with Crippen LogP contribution in [0.2, 0.25) is 0 Å². The Bertz CT molecular complexity index is 250. The number of rotatable bonds is 4. The van der Waals surface area contributed by atoms with Crippen molar-refractivity contribution in [3.05, 3.63) is 0 Å². The highest BCUT2D eigenvalue weighted by atomic mass is 14.9. The Hall–Kier alpha value is -0.0400. The maximum Gasteiger partial charge on any atom is 0.00683 e. The SMILES string of the molecule is C1CCCC(C2CCCCCC2CNC2CC2)CC1. The highest BCUT2D eigenvalue weighted by Crippen LogP contribution is 2.40. The Morgan fingerprint density at radius 1 is 0.632 bits per heavy atom. The van der Waals surface area contributed by atoms with Gasteiger partial charge in [0, 0.05) is 6.04 Å². The molecule has 1 heteroatoms. The lowest BCUT2D eigenvalue weighted by atomic mass is 9.75. The van der Waals surface area contributed by atoms with Crippen LogP contribution in [-0.2, 0) is 0 Å². The van der Waals surface area contributed by atoms with E-state index in [0.29, 0.717) is 0 Å². The molecule has 0 radical (unpaired) electrons. The van der Waals surface area contributed by atoms with E-state index in [-0.39, 0.29) is 0 Å². The van der Waals surface area contributed by atoms with Gasteiger partial charge in [0.2, 0.25) is 0 Å². The third-order valence-corrected chi connectivity index (χ3v) is 5.97. The molecule has 0 amide bonds. The van der Waals surface area contributed by atoms with Gasteiger partial charge in [-0.3, -0.25) is 0 Å². The molecule has 3 saturated carbocycles. The van der Waals surface area contributed by atoms with E-state index in [1.165, 1.54) is 70.8 Å². The minimum Gasteiger partial charge on any atom is -0.314 e. The molecule has 0 heterocycles. The van der Waals surface area contributed by atoms with Crippen LogP contribution < -0.4 is 5.32 Å². The summed E-state index contributed by atoms with van der Waals surface area (Å²) in [6, 6.07) is 0.901. The van der Waals surface area contributed by atoms with Crippen LogP contribution in [0.1, 0.15) is 83.5 Å². The van der Waals surface area contributed by atoms with Gasteiger partial charge in [-0.05, 0) is 50.0 Å². The van der Waals surface area contributed by atoms with Crippen molar-refractivity contribution in [2.24, 2.45) is 17.8 Å². The van der Waals surface area contributed by atoms with Crippen LogP contribution in [0, 0.1) is 17.8 Å². The molecule has 1 nitrogen and oxygen atoms in total. The van der Waals surface area contributed by atoms with E-state index in [4.69, 9.17) is 0 Å². The molecule has 2 atom stereocenters. The monoisotopic (exact) mass is 263 g/mol. The zero-order valence-corrected chi connectivity index (χ0v) is 12.7. The molecule has 0 aromatic carbocycles. The summed E-state index contributed by atoms with van der Waals surface area (Å²) in [5.74, 6) is 3.14. The minimum atomic E-state index is 0.901. The molecule has 0 aliphatic heterocycles. The van der Waals surface area contributed by atoms with E-state index < -0.39 is 0 Å². The van der Waals surface area contributed by atoms with E-state index in [0.717, 1.165) is 23.8 Å². The lowest BCUT2D eigenvalue weighted by molar-refractivity contribution is 0.188. The molecule has 2 unspecified atom stereocenters. The van der Waals surface area contributed by atoms with Crippen molar-refractivity contribution >= 4 is 0 Å². The summed E-state index contributed by atoms with van der Waals surface area (Å²) < 4.78 is 0. The average molecular weight is 263 g/mol. The second-order valence-corrected chi connectivity index (χ2v) is 7.50. The third-order valence-electron chi connectivity index (χ3n) is 5.97. The summed E-state index contributed by atoms with van der Waals surface area (Å²) in [7, 11) is 0. The Balaban J connectivity index is 1.58. The van der Waals surface area contributed by atoms with E-state index in [2.05, 4.69) is 5.32 Å². The molecule has 110 valence electrons. The molecule has 3 aliphatic rings. The van der Waals surface area contributed by atoms with Crippen LogP contribution >= 0.6 is 0 Å². The summed E-state index contributed by atoms with van der Waals surface area (Å²) >= 11 is 0. The van der Waals surface area contributed by atoms with Gasteiger partial charge in [-0.15, -0.1) is 0 Å². The van der Waals surface area contributed by atoms with Crippen molar-refractivity contribution in [2.45, 2.75) is 89.5 Å². The van der Waals surface area contributed by atoms with Gasteiger partial charge in [-0.25, -0.2) is 0 Å². The van der Waals surface area contributed by atoms with Gasteiger partial charge in [-0.1, -0.05) is 57.8 Å². The van der Waals surface area contributed by atoms with Gasteiger partial charge >= 0.3 is 0 Å². The van der Waals surface area contributed by atoms with Gasteiger partial charge in [0.25, 0.3) is 0 Å². The summed E-state index contributed by atoms with van der Waals surface area (Å²) in [6.45, 7) is 1.34. The second-order valence-electron chi connectivity index (χ2n) is 7.50. The van der Waals surface area contributed by atoms with Gasteiger partial charge in [0.15, 0.2) is 0 Å². The molecule has 0 spiro atoms. The fourth-order valence-corrected chi connectivity index (χ4v) is 4.63. The van der Waals surface area contributed by atoms with E-state index in [1.54, 1.807) is 19.3 Å². The van der Waals surface area contributed by atoms with Gasteiger partial charge in [0.05, 0.1) is 0 Å². The maximum absolute atomic E-state index is 3.84. The fraction of sp³-hybridized carbons (Fsp3) is 1.00. The van der Waals surface area contributed by atoms with Crippen molar-refractivity contribution in [1.29, 1.82) is 0 Å². The largest absolute Gasteiger partial charge is 0.314 e. The first-order valence-corrected chi connectivity index (χ1v) is 9.17. The zero-order chi connectivity index (χ0) is 12.9. The van der Waals surface area contributed by atoms with Crippen LogP contribution in [0.15, 0.2) is 0 Å². The highest BCUT2D eigenvalue weighted by molar-refractivity contribution is 4.86.